The van der Waals surface area contributed by atoms with Crippen molar-refractivity contribution in [1.82, 2.24) is 5.43 Å². The van der Waals surface area contributed by atoms with Gasteiger partial charge in [0.15, 0.2) is 5.78 Å². The minimum Gasteiger partial charge on any atom is -0.310 e. The van der Waals surface area contributed by atoms with E-state index in [0.717, 1.165) is 11.3 Å². The fourth-order valence-corrected chi connectivity index (χ4v) is 1.37. The van der Waals surface area contributed by atoms with E-state index in [4.69, 9.17) is 0 Å². The number of hydrazine groups is 1. The Bertz CT molecular complexity index is 322. The standard InChI is InChI=1S/C9H10N2O/c1-11-8-5-3-2-4-7(8)9(12)6-10-11/h2-5,10H,6H2,1H3. The minimum atomic E-state index is 0.156. The van der Waals surface area contributed by atoms with Gasteiger partial charge in [0.1, 0.15) is 0 Å². The number of ketones is 1. The number of carbonyl (C=O) groups is 1. The summed E-state index contributed by atoms with van der Waals surface area (Å²) in [5.41, 5.74) is 4.73. The predicted molar refractivity (Wildman–Crippen MR) is 47.2 cm³/mol. The van der Waals surface area contributed by atoms with Gasteiger partial charge >= 0.3 is 0 Å². The second-order valence-electron chi connectivity index (χ2n) is 2.83. The number of nitrogens with one attached hydrogen (secondary N) is 1. The maximum Gasteiger partial charge on any atom is 0.180 e. The number of para-hydroxylation sites is 1. The predicted octanol–water partition coefficient (Wildman–Crippen LogP) is 0.824. The molecule has 1 aliphatic rings. The Morgan fingerprint density at radius 1 is 1.42 bits per heavy atom. The lowest BCUT2D eigenvalue weighted by atomic mass is 10.1. The summed E-state index contributed by atoms with van der Waals surface area (Å²) in [6.07, 6.45) is 0. The molecule has 1 aromatic rings. The third-order valence-electron chi connectivity index (χ3n) is 2.04. The number of hydrogen-bond donors (Lipinski definition) is 1. The number of rotatable bonds is 0. The number of hydrogen-bond acceptors (Lipinski definition) is 3. The minimum absolute atomic E-state index is 0.156. The molecule has 0 unspecified atom stereocenters. The summed E-state index contributed by atoms with van der Waals surface area (Å²) in [5.74, 6) is 0.156. The molecule has 62 valence electrons. The zero-order chi connectivity index (χ0) is 8.55. The van der Waals surface area contributed by atoms with E-state index in [9.17, 15) is 4.79 Å². The van der Waals surface area contributed by atoms with Crippen LogP contribution in [0.2, 0.25) is 0 Å². The Hall–Kier alpha value is -1.35. The number of carbonyl (C=O) groups excluding carboxylic acids is 1. The van der Waals surface area contributed by atoms with Crippen LogP contribution in [0.3, 0.4) is 0 Å². The highest BCUT2D eigenvalue weighted by Gasteiger charge is 2.18. The number of anilines is 1. The van der Waals surface area contributed by atoms with Crippen LogP contribution in [0.1, 0.15) is 10.4 Å². The molecule has 0 amide bonds. The van der Waals surface area contributed by atoms with Crippen LogP contribution in [-0.2, 0) is 0 Å². The molecule has 1 N–H and O–H groups in total. The topological polar surface area (TPSA) is 32.3 Å². The van der Waals surface area contributed by atoms with Crippen LogP contribution in [0.4, 0.5) is 5.69 Å². The molecule has 0 fully saturated rings. The van der Waals surface area contributed by atoms with Crippen molar-refractivity contribution < 1.29 is 4.79 Å². The van der Waals surface area contributed by atoms with E-state index < -0.39 is 0 Å². The van der Waals surface area contributed by atoms with E-state index >= 15 is 0 Å². The van der Waals surface area contributed by atoms with Gasteiger partial charge in [0.25, 0.3) is 0 Å². The summed E-state index contributed by atoms with van der Waals surface area (Å²) in [4.78, 5) is 11.3. The zero-order valence-electron chi connectivity index (χ0n) is 6.87. The number of nitrogens with zero attached hydrogens (tertiary/aromatic N) is 1. The fraction of sp³-hybridized carbons (Fsp3) is 0.222. The van der Waals surface area contributed by atoms with E-state index in [1.54, 1.807) is 0 Å². The van der Waals surface area contributed by atoms with Gasteiger partial charge in [-0.15, -0.1) is 0 Å². The number of fused-ring (bicyclic) bond motifs is 1. The summed E-state index contributed by atoms with van der Waals surface area (Å²) in [7, 11) is 1.91. The first kappa shape index (κ1) is 7.31. The molecule has 0 radical (unpaired) electrons. The first-order valence-corrected chi connectivity index (χ1v) is 3.88. The average molecular weight is 162 g/mol. The lowest BCUT2D eigenvalue weighted by Gasteiger charge is -2.26. The Balaban J connectivity index is 2.55. The van der Waals surface area contributed by atoms with Gasteiger partial charge in [-0.05, 0) is 12.1 Å². The average Bonchev–Trinajstić information content (AvgIpc) is 2.12. The Morgan fingerprint density at radius 2 is 2.17 bits per heavy atom. The molecule has 1 heterocycles. The van der Waals surface area contributed by atoms with Gasteiger partial charge < -0.3 is 5.01 Å². The van der Waals surface area contributed by atoms with Crippen LogP contribution in [0.25, 0.3) is 0 Å². The molecule has 1 aliphatic heterocycles. The highest BCUT2D eigenvalue weighted by atomic mass is 16.1. The summed E-state index contributed by atoms with van der Waals surface area (Å²) in [6.45, 7) is 0.396. The molecule has 12 heavy (non-hydrogen) atoms. The molecule has 0 bridgehead atoms. The Morgan fingerprint density at radius 3 is 2.92 bits per heavy atom. The van der Waals surface area contributed by atoms with E-state index in [2.05, 4.69) is 5.43 Å². The number of Topliss-reactive ketones (excluding diaryl/α,β-unsaturated/α-hetero) is 1. The summed E-state index contributed by atoms with van der Waals surface area (Å²) in [6, 6.07) is 7.60. The molecule has 0 saturated carbocycles. The van der Waals surface area contributed by atoms with E-state index in [-0.39, 0.29) is 5.78 Å². The second-order valence-corrected chi connectivity index (χ2v) is 2.83. The summed E-state index contributed by atoms with van der Waals surface area (Å²) >= 11 is 0. The van der Waals surface area contributed by atoms with Crippen molar-refractivity contribution in [3.05, 3.63) is 29.8 Å². The molecule has 0 atom stereocenters. The van der Waals surface area contributed by atoms with Crippen molar-refractivity contribution in [3.8, 4) is 0 Å². The second kappa shape index (κ2) is 2.60. The van der Waals surface area contributed by atoms with Crippen LogP contribution in [0, 0.1) is 0 Å². The van der Waals surface area contributed by atoms with Gasteiger partial charge in [-0.25, -0.2) is 5.43 Å². The third-order valence-corrected chi connectivity index (χ3v) is 2.04. The summed E-state index contributed by atoms with van der Waals surface area (Å²) in [5, 5.41) is 1.87. The van der Waals surface area contributed by atoms with Gasteiger partial charge in [-0.1, -0.05) is 12.1 Å². The first-order valence-electron chi connectivity index (χ1n) is 3.88. The zero-order valence-corrected chi connectivity index (χ0v) is 6.87. The number of benzene rings is 1. The molecule has 1 aromatic carbocycles. The van der Waals surface area contributed by atoms with Crippen molar-refractivity contribution >= 4 is 11.5 Å². The largest absolute Gasteiger partial charge is 0.310 e. The normalized spacial score (nSPS) is 16.1. The SMILES string of the molecule is CN1NCC(=O)c2ccccc21. The highest BCUT2D eigenvalue weighted by molar-refractivity contribution is 6.04. The molecular formula is C9H10N2O. The van der Waals surface area contributed by atoms with Crippen LogP contribution in [0.5, 0.6) is 0 Å². The van der Waals surface area contributed by atoms with E-state index in [0.29, 0.717) is 6.54 Å². The fourth-order valence-electron chi connectivity index (χ4n) is 1.37. The molecule has 3 heteroatoms. The smallest absolute Gasteiger partial charge is 0.180 e. The lowest BCUT2D eigenvalue weighted by Crippen LogP contribution is -2.43. The van der Waals surface area contributed by atoms with Gasteiger partial charge in [-0.2, -0.15) is 0 Å². The van der Waals surface area contributed by atoms with Gasteiger partial charge in [-0.3, -0.25) is 4.79 Å². The molecule has 3 nitrogen and oxygen atoms in total. The third kappa shape index (κ3) is 0.987. The van der Waals surface area contributed by atoms with Crippen LogP contribution < -0.4 is 10.4 Å². The molecule has 0 aliphatic carbocycles. The monoisotopic (exact) mass is 162 g/mol. The molecule has 0 spiro atoms. The van der Waals surface area contributed by atoms with Crippen molar-refractivity contribution in [2.24, 2.45) is 0 Å². The summed E-state index contributed by atoms with van der Waals surface area (Å²) < 4.78 is 0. The van der Waals surface area contributed by atoms with E-state index in [1.165, 1.54) is 0 Å². The maximum atomic E-state index is 11.3. The van der Waals surface area contributed by atoms with Gasteiger partial charge in [0.05, 0.1) is 12.2 Å². The van der Waals surface area contributed by atoms with Gasteiger partial charge in [0, 0.05) is 12.6 Å². The molecule has 2 rings (SSSR count). The van der Waals surface area contributed by atoms with Crippen molar-refractivity contribution in [3.63, 3.8) is 0 Å². The van der Waals surface area contributed by atoms with Crippen LogP contribution >= 0.6 is 0 Å². The lowest BCUT2D eigenvalue weighted by molar-refractivity contribution is 0.0985. The Labute approximate surface area is 71.0 Å². The Kier molecular flexibility index (Phi) is 1.59. The van der Waals surface area contributed by atoms with E-state index in [1.807, 2.05) is 36.3 Å². The molecule has 0 aromatic heterocycles. The van der Waals surface area contributed by atoms with Crippen molar-refractivity contribution in [2.45, 2.75) is 0 Å². The van der Waals surface area contributed by atoms with Crippen LogP contribution in [0.15, 0.2) is 24.3 Å². The van der Waals surface area contributed by atoms with Gasteiger partial charge in [0.2, 0.25) is 0 Å². The van der Waals surface area contributed by atoms with Crippen molar-refractivity contribution in [1.29, 1.82) is 0 Å². The van der Waals surface area contributed by atoms with Crippen molar-refractivity contribution in [2.75, 3.05) is 18.6 Å². The maximum absolute atomic E-state index is 11.3. The van der Waals surface area contributed by atoms with Crippen LogP contribution in [-0.4, -0.2) is 19.4 Å². The molecule has 0 saturated heterocycles. The highest BCUT2D eigenvalue weighted by Crippen LogP contribution is 2.20. The molecular weight excluding hydrogens is 152 g/mol. The first-order chi connectivity index (χ1) is 5.79. The quantitative estimate of drug-likeness (QED) is 0.613.